The van der Waals surface area contributed by atoms with Gasteiger partial charge in [0.1, 0.15) is 22.3 Å². The quantitative estimate of drug-likeness (QED) is 0.179. The van der Waals surface area contributed by atoms with Crippen molar-refractivity contribution in [2.45, 2.75) is 0 Å². The molecule has 0 unspecified atom stereocenters. The van der Waals surface area contributed by atoms with Gasteiger partial charge in [0.15, 0.2) is 0 Å². The highest BCUT2D eigenvalue weighted by Crippen LogP contribution is 2.40. The minimum atomic E-state index is 0.885. The highest BCUT2D eigenvalue weighted by molar-refractivity contribution is 6.07. The van der Waals surface area contributed by atoms with Crippen molar-refractivity contribution in [2.75, 3.05) is 4.90 Å². The third-order valence-corrected chi connectivity index (χ3v) is 9.84. The van der Waals surface area contributed by atoms with Gasteiger partial charge in [-0.3, -0.25) is 0 Å². The molecule has 0 atom stereocenters. The van der Waals surface area contributed by atoms with Crippen LogP contribution in [0.1, 0.15) is 0 Å². The highest BCUT2D eigenvalue weighted by atomic mass is 16.3. The van der Waals surface area contributed by atoms with Crippen LogP contribution in [0.2, 0.25) is 0 Å². The van der Waals surface area contributed by atoms with E-state index in [1.165, 1.54) is 0 Å². The third kappa shape index (κ3) is 5.15. The molecule has 3 nitrogen and oxygen atoms in total. The Kier molecular flexibility index (Phi) is 6.81. The van der Waals surface area contributed by atoms with Crippen molar-refractivity contribution in [3.05, 3.63) is 188 Å². The van der Waals surface area contributed by atoms with E-state index in [4.69, 9.17) is 8.83 Å². The molecule has 51 heavy (non-hydrogen) atoms. The van der Waals surface area contributed by atoms with Crippen molar-refractivity contribution in [3.63, 3.8) is 0 Å². The van der Waals surface area contributed by atoms with Crippen molar-refractivity contribution in [1.29, 1.82) is 0 Å². The van der Waals surface area contributed by atoms with Gasteiger partial charge >= 0.3 is 0 Å². The predicted molar refractivity (Wildman–Crippen MR) is 212 cm³/mol. The van der Waals surface area contributed by atoms with Gasteiger partial charge in [0.25, 0.3) is 0 Å². The zero-order valence-corrected chi connectivity index (χ0v) is 27.7. The molecular formula is C48H31NO2. The van der Waals surface area contributed by atoms with Crippen LogP contribution in [0.3, 0.4) is 0 Å². The molecule has 10 aromatic rings. The molecule has 2 heterocycles. The van der Waals surface area contributed by atoms with E-state index in [9.17, 15) is 0 Å². The van der Waals surface area contributed by atoms with Crippen LogP contribution < -0.4 is 4.90 Å². The molecule has 0 bridgehead atoms. The second-order valence-corrected chi connectivity index (χ2v) is 13.0. The number of fused-ring (bicyclic) bond motifs is 6. The molecule has 0 amide bonds. The molecule has 2 aromatic heterocycles. The van der Waals surface area contributed by atoms with Gasteiger partial charge in [-0.15, -0.1) is 0 Å². The lowest BCUT2D eigenvalue weighted by atomic mass is 9.92. The molecule has 0 saturated carbocycles. The summed E-state index contributed by atoms with van der Waals surface area (Å²) in [6.07, 6.45) is 0. The number of rotatable bonds is 6. The van der Waals surface area contributed by atoms with Crippen LogP contribution in [0.25, 0.3) is 77.3 Å². The van der Waals surface area contributed by atoms with E-state index in [1.54, 1.807) is 0 Å². The normalized spacial score (nSPS) is 11.5. The van der Waals surface area contributed by atoms with Crippen molar-refractivity contribution in [2.24, 2.45) is 0 Å². The summed E-state index contributed by atoms with van der Waals surface area (Å²) in [6, 6.07) is 66.3. The molecule has 0 N–H and O–H groups in total. The number of anilines is 3. The van der Waals surface area contributed by atoms with Gasteiger partial charge in [-0.25, -0.2) is 0 Å². The minimum Gasteiger partial charge on any atom is -0.456 e. The summed E-state index contributed by atoms with van der Waals surface area (Å²) < 4.78 is 12.6. The van der Waals surface area contributed by atoms with Crippen LogP contribution in [0.5, 0.6) is 0 Å². The minimum absolute atomic E-state index is 0.885. The Morgan fingerprint density at radius 1 is 0.255 bits per heavy atom. The molecular weight excluding hydrogens is 623 g/mol. The van der Waals surface area contributed by atoms with Gasteiger partial charge in [0.05, 0.1) is 0 Å². The van der Waals surface area contributed by atoms with Crippen LogP contribution in [-0.4, -0.2) is 0 Å². The second kappa shape index (κ2) is 11.9. The fourth-order valence-electron chi connectivity index (χ4n) is 7.34. The molecule has 10 rings (SSSR count). The van der Waals surface area contributed by atoms with E-state index >= 15 is 0 Å². The largest absolute Gasteiger partial charge is 0.456 e. The van der Waals surface area contributed by atoms with Gasteiger partial charge in [-0.05, 0) is 124 Å². The molecule has 0 aliphatic heterocycles. The Bertz CT molecular complexity index is 2680. The molecule has 0 saturated heterocycles. The first kappa shape index (κ1) is 29.1. The van der Waals surface area contributed by atoms with E-state index in [1.807, 2.05) is 24.3 Å². The maximum atomic E-state index is 6.31. The van der Waals surface area contributed by atoms with Crippen molar-refractivity contribution >= 4 is 60.9 Å². The van der Waals surface area contributed by atoms with Crippen LogP contribution in [0, 0.1) is 0 Å². The highest BCUT2D eigenvalue weighted by Gasteiger charge is 2.15. The molecule has 0 radical (unpaired) electrons. The van der Waals surface area contributed by atoms with Crippen LogP contribution in [0.4, 0.5) is 17.1 Å². The van der Waals surface area contributed by atoms with E-state index in [0.717, 1.165) is 94.3 Å². The summed E-state index contributed by atoms with van der Waals surface area (Å²) in [6.45, 7) is 0. The standard InChI is InChI=1S/C48H31NO2/c1-3-11-38(12-4-1)49(39-13-5-2-6-14-39)40-23-19-32(20-24-40)35-27-36(33-21-25-43-41-15-7-9-17-45(41)50-47(43)30-33)29-37(28-35)34-22-26-44-42-16-8-10-18-46(42)51-48(44)31-34/h1-31H. The van der Waals surface area contributed by atoms with Gasteiger partial charge in [0.2, 0.25) is 0 Å². The number of nitrogens with zero attached hydrogens (tertiary/aromatic N) is 1. The Labute approximate surface area is 295 Å². The lowest BCUT2D eigenvalue weighted by Gasteiger charge is -2.25. The molecule has 0 aliphatic carbocycles. The smallest absolute Gasteiger partial charge is 0.136 e. The number of furan rings is 2. The van der Waals surface area contributed by atoms with Gasteiger partial charge in [-0.2, -0.15) is 0 Å². The second-order valence-electron chi connectivity index (χ2n) is 13.0. The summed E-state index contributed by atoms with van der Waals surface area (Å²) in [4.78, 5) is 2.29. The molecule has 0 aliphatic rings. The third-order valence-electron chi connectivity index (χ3n) is 9.84. The fraction of sp³-hybridized carbons (Fsp3) is 0. The first-order valence-corrected chi connectivity index (χ1v) is 17.2. The Hall–Kier alpha value is -6.84. The zero-order chi connectivity index (χ0) is 33.7. The SMILES string of the molecule is c1ccc(N(c2ccccc2)c2ccc(-c3cc(-c4ccc5c(c4)oc4ccccc45)cc(-c4ccc5c(c4)oc4ccccc45)c3)cc2)cc1. The lowest BCUT2D eigenvalue weighted by Crippen LogP contribution is -2.09. The fourth-order valence-corrected chi connectivity index (χ4v) is 7.34. The zero-order valence-electron chi connectivity index (χ0n) is 27.7. The summed E-state index contributed by atoms with van der Waals surface area (Å²) in [5, 5.41) is 4.51. The number of hydrogen-bond donors (Lipinski definition) is 0. The van der Waals surface area contributed by atoms with Crippen LogP contribution in [-0.2, 0) is 0 Å². The van der Waals surface area contributed by atoms with Gasteiger partial charge in [0, 0.05) is 38.6 Å². The average molecular weight is 654 g/mol. The van der Waals surface area contributed by atoms with Crippen LogP contribution in [0.15, 0.2) is 197 Å². The summed E-state index contributed by atoms with van der Waals surface area (Å²) in [7, 11) is 0. The molecule has 0 spiro atoms. The lowest BCUT2D eigenvalue weighted by molar-refractivity contribution is 0.668. The van der Waals surface area contributed by atoms with Gasteiger partial charge in [-0.1, -0.05) is 97.1 Å². The van der Waals surface area contributed by atoms with Crippen molar-refractivity contribution in [3.8, 4) is 33.4 Å². The summed E-state index contributed by atoms with van der Waals surface area (Å²) in [5.74, 6) is 0. The molecule has 240 valence electrons. The molecule has 3 heteroatoms. The molecule has 0 fully saturated rings. The Balaban J connectivity index is 1.11. The Morgan fingerprint density at radius 3 is 1.12 bits per heavy atom. The summed E-state index contributed by atoms with van der Waals surface area (Å²) >= 11 is 0. The maximum absolute atomic E-state index is 6.31. The number of benzene rings is 8. The monoisotopic (exact) mass is 653 g/mol. The van der Waals surface area contributed by atoms with E-state index in [-0.39, 0.29) is 0 Å². The van der Waals surface area contributed by atoms with Crippen molar-refractivity contribution < 1.29 is 8.83 Å². The maximum Gasteiger partial charge on any atom is 0.136 e. The van der Waals surface area contributed by atoms with E-state index in [0.29, 0.717) is 0 Å². The van der Waals surface area contributed by atoms with E-state index in [2.05, 4.69) is 169 Å². The Morgan fingerprint density at radius 2 is 0.627 bits per heavy atom. The number of para-hydroxylation sites is 4. The average Bonchev–Trinajstić information content (AvgIpc) is 3.76. The molecule has 8 aromatic carbocycles. The topological polar surface area (TPSA) is 29.5 Å². The summed E-state index contributed by atoms with van der Waals surface area (Å²) in [5.41, 5.74) is 13.6. The predicted octanol–water partition coefficient (Wildman–Crippen LogP) is 14.0. The first-order valence-electron chi connectivity index (χ1n) is 17.2. The first-order chi connectivity index (χ1) is 25.2. The van der Waals surface area contributed by atoms with Gasteiger partial charge < -0.3 is 13.7 Å². The van der Waals surface area contributed by atoms with Crippen molar-refractivity contribution in [1.82, 2.24) is 0 Å². The number of hydrogen-bond acceptors (Lipinski definition) is 3. The van der Waals surface area contributed by atoms with Crippen LogP contribution >= 0.6 is 0 Å². The van der Waals surface area contributed by atoms with E-state index < -0.39 is 0 Å².